The highest BCUT2D eigenvalue weighted by Crippen LogP contribution is 2.22. The van der Waals surface area contributed by atoms with Gasteiger partial charge in [-0.3, -0.25) is 4.79 Å². The molecule has 0 bridgehead atoms. The zero-order chi connectivity index (χ0) is 13.8. The lowest BCUT2D eigenvalue weighted by Crippen LogP contribution is -2.18. The molecule has 98 valence electrons. The lowest BCUT2D eigenvalue weighted by atomic mass is 10.2. The largest absolute Gasteiger partial charge is 0.322 e. The van der Waals surface area contributed by atoms with Gasteiger partial charge in [-0.1, -0.05) is 22.0 Å². The molecule has 6 heteroatoms. The molecule has 19 heavy (non-hydrogen) atoms. The number of aryl methyl sites for hydroxylation is 1. The number of rotatable bonds is 3. The Morgan fingerprint density at radius 3 is 2.89 bits per heavy atom. The number of benzene rings is 1. The van der Waals surface area contributed by atoms with Crippen LogP contribution in [0.5, 0.6) is 0 Å². The van der Waals surface area contributed by atoms with Gasteiger partial charge in [-0.15, -0.1) is 0 Å². The van der Waals surface area contributed by atoms with Crippen LogP contribution in [0.3, 0.4) is 0 Å². The Bertz CT molecular complexity index is 615. The molecule has 2 rings (SSSR count). The molecule has 0 aliphatic heterocycles. The SMILES string of the molecule is Cc1ccc(Br)cc1NC(=O)c1cccnc1NN. The third kappa shape index (κ3) is 3.10. The Kier molecular flexibility index (Phi) is 4.13. The van der Waals surface area contributed by atoms with Crippen molar-refractivity contribution in [3.8, 4) is 0 Å². The molecule has 0 aliphatic carbocycles. The van der Waals surface area contributed by atoms with E-state index in [-0.39, 0.29) is 5.91 Å². The molecule has 0 saturated heterocycles. The van der Waals surface area contributed by atoms with Crippen LogP contribution in [0.4, 0.5) is 11.5 Å². The number of hydrazine groups is 1. The summed E-state index contributed by atoms with van der Waals surface area (Å²) in [6.07, 6.45) is 1.57. The minimum absolute atomic E-state index is 0.262. The number of nitrogen functional groups attached to an aromatic ring is 1. The molecular weight excluding hydrogens is 308 g/mol. The number of anilines is 2. The summed E-state index contributed by atoms with van der Waals surface area (Å²) in [5, 5.41) is 2.84. The maximum absolute atomic E-state index is 12.2. The molecule has 4 N–H and O–H groups in total. The molecule has 1 amide bonds. The van der Waals surface area contributed by atoms with Gasteiger partial charge in [0, 0.05) is 16.4 Å². The lowest BCUT2D eigenvalue weighted by Gasteiger charge is -2.11. The Balaban J connectivity index is 2.28. The summed E-state index contributed by atoms with van der Waals surface area (Å²) in [5.41, 5.74) is 4.52. The van der Waals surface area contributed by atoms with Crippen molar-refractivity contribution in [2.24, 2.45) is 5.84 Å². The standard InChI is InChI=1S/C13H13BrN4O/c1-8-4-5-9(14)7-11(8)17-13(19)10-3-2-6-16-12(10)18-15/h2-7H,15H2,1H3,(H,16,18)(H,17,19). The number of carbonyl (C=O) groups excluding carboxylic acids is 1. The first kappa shape index (κ1) is 13.5. The molecule has 1 aromatic heterocycles. The zero-order valence-electron chi connectivity index (χ0n) is 10.3. The third-order valence-electron chi connectivity index (χ3n) is 2.64. The van der Waals surface area contributed by atoms with Crippen LogP contribution in [0, 0.1) is 6.92 Å². The maximum atomic E-state index is 12.2. The summed E-state index contributed by atoms with van der Waals surface area (Å²) in [6, 6.07) is 9.03. The van der Waals surface area contributed by atoms with E-state index in [9.17, 15) is 4.79 Å². The molecule has 0 radical (unpaired) electrons. The molecular formula is C13H13BrN4O. The minimum atomic E-state index is -0.262. The second kappa shape index (κ2) is 5.81. The van der Waals surface area contributed by atoms with Gasteiger partial charge in [-0.25, -0.2) is 10.8 Å². The molecule has 0 saturated carbocycles. The molecule has 0 spiro atoms. The maximum Gasteiger partial charge on any atom is 0.259 e. The van der Waals surface area contributed by atoms with E-state index in [2.05, 4.69) is 31.7 Å². The first-order valence-electron chi connectivity index (χ1n) is 5.61. The van der Waals surface area contributed by atoms with Crippen LogP contribution in [0.1, 0.15) is 15.9 Å². The number of carbonyl (C=O) groups is 1. The molecule has 5 nitrogen and oxygen atoms in total. The van der Waals surface area contributed by atoms with E-state index in [1.165, 1.54) is 0 Å². The summed E-state index contributed by atoms with van der Waals surface area (Å²) >= 11 is 3.37. The number of amides is 1. The van der Waals surface area contributed by atoms with Gasteiger partial charge in [0.05, 0.1) is 5.56 Å². The van der Waals surface area contributed by atoms with Gasteiger partial charge in [-0.2, -0.15) is 0 Å². The van der Waals surface area contributed by atoms with E-state index in [1.54, 1.807) is 18.3 Å². The average molecular weight is 321 g/mol. The van der Waals surface area contributed by atoms with Gasteiger partial charge < -0.3 is 10.7 Å². The monoisotopic (exact) mass is 320 g/mol. The molecule has 0 atom stereocenters. The number of nitrogens with one attached hydrogen (secondary N) is 2. The van der Waals surface area contributed by atoms with E-state index in [4.69, 9.17) is 5.84 Å². The Morgan fingerprint density at radius 2 is 2.16 bits per heavy atom. The fourth-order valence-electron chi connectivity index (χ4n) is 1.62. The van der Waals surface area contributed by atoms with Gasteiger partial charge >= 0.3 is 0 Å². The van der Waals surface area contributed by atoms with Crippen molar-refractivity contribution < 1.29 is 4.79 Å². The van der Waals surface area contributed by atoms with Gasteiger partial charge in [0.1, 0.15) is 0 Å². The van der Waals surface area contributed by atoms with Crippen molar-refractivity contribution in [2.45, 2.75) is 6.92 Å². The number of pyridine rings is 1. The van der Waals surface area contributed by atoms with Crippen molar-refractivity contribution in [1.82, 2.24) is 4.98 Å². The fourth-order valence-corrected chi connectivity index (χ4v) is 1.98. The highest BCUT2D eigenvalue weighted by molar-refractivity contribution is 9.10. The number of nitrogens with zero attached hydrogens (tertiary/aromatic N) is 1. The summed E-state index contributed by atoms with van der Waals surface area (Å²) < 4.78 is 0.900. The second-order valence-corrected chi connectivity index (χ2v) is 4.87. The summed E-state index contributed by atoms with van der Waals surface area (Å²) in [7, 11) is 0. The first-order chi connectivity index (χ1) is 9.11. The highest BCUT2D eigenvalue weighted by Gasteiger charge is 2.12. The second-order valence-electron chi connectivity index (χ2n) is 3.96. The van der Waals surface area contributed by atoms with Crippen molar-refractivity contribution in [1.29, 1.82) is 0 Å². The van der Waals surface area contributed by atoms with Crippen molar-refractivity contribution in [2.75, 3.05) is 10.7 Å². The molecule has 2 aromatic rings. The number of aromatic nitrogens is 1. The number of halogens is 1. The van der Waals surface area contributed by atoms with Crippen molar-refractivity contribution >= 4 is 33.3 Å². The van der Waals surface area contributed by atoms with Crippen LogP contribution in [0.15, 0.2) is 41.0 Å². The normalized spacial score (nSPS) is 10.1. The Hall–Kier alpha value is -1.92. The predicted molar refractivity (Wildman–Crippen MR) is 78.9 cm³/mol. The smallest absolute Gasteiger partial charge is 0.259 e. The molecule has 0 unspecified atom stereocenters. The highest BCUT2D eigenvalue weighted by atomic mass is 79.9. The minimum Gasteiger partial charge on any atom is -0.322 e. The average Bonchev–Trinajstić information content (AvgIpc) is 2.42. The first-order valence-corrected chi connectivity index (χ1v) is 6.40. The van der Waals surface area contributed by atoms with Crippen LogP contribution in [0.25, 0.3) is 0 Å². The molecule has 0 aliphatic rings. The Morgan fingerprint density at radius 1 is 1.37 bits per heavy atom. The molecule has 0 fully saturated rings. The van der Waals surface area contributed by atoms with E-state index in [1.807, 2.05) is 25.1 Å². The van der Waals surface area contributed by atoms with Gasteiger partial charge in [0.2, 0.25) is 0 Å². The molecule has 1 heterocycles. The fraction of sp³-hybridized carbons (Fsp3) is 0.0769. The van der Waals surface area contributed by atoms with Crippen molar-refractivity contribution in [3.05, 3.63) is 52.1 Å². The quantitative estimate of drug-likeness (QED) is 0.600. The summed E-state index contributed by atoms with van der Waals surface area (Å²) in [5.74, 6) is 5.41. The lowest BCUT2D eigenvalue weighted by molar-refractivity contribution is 0.102. The number of hydrogen-bond acceptors (Lipinski definition) is 4. The van der Waals surface area contributed by atoms with E-state index in [0.29, 0.717) is 11.4 Å². The van der Waals surface area contributed by atoms with Crippen LogP contribution in [0.2, 0.25) is 0 Å². The van der Waals surface area contributed by atoms with Crippen LogP contribution >= 0.6 is 15.9 Å². The number of nitrogens with two attached hydrogens (primary N) is 1. The topological polar surface area (TPSA) is 80.0 Å². The number of hydrogen-bond donors (Lipinski definition) is 3. The van der Waals surface area contributed by atoms with E-state index < -0.39 is 0 Å². The van der Waals surface area contributed by atoms with E-state index in [0.717, 1.165) is 15.7 Å². The van der Waals surface area contributed by atoms with Crippen LogP contribution in [-0.4, -0.2) is 10.9 Å². The third-order valence-corrected chi connectivity index (χ3v) is 3.13. The summed E-state index contributed by atoms with van der Waals surface area (Å²) in [4.78, 5) is 16.2. The Labute approximate surface area is 119 Å². The zero-order valence-corrected chi connectivity index (χ0v) is 11.9. The molecule has 1 aromatic carbocycles. The summed E-state index contributed by atoms with van der Waals surface area (Å²) in [6.45, 7) is 1.92. The van der Waals surface area contributed by atoms with E-state index >= 15 is 0 Å². The van der Waals surface area contributed by atoms with Gasteiger partial charge in [0.25, 0.3) is 5.91 Å². The van der Waals surface area contributed by atoms with Gasteiger partial charge in [-0.05, 0) is 36.8 Å². The predicted octanol–water partition coefficient (Wildman–Crippen LogP) is 2.69. The van der Waals surface area contributed by atoms with Crippen LogP contribution in [-0.2, 0) is 0 Å². The van der Waals surface area contributed by atoms with Crippen molar-refractivity contribution in [3.63, 3.8) is 0 Å². The van der Waals surface area contributed by atoms with Crippen LogP contribution < -0.4 is 16.6 Å². The van der Waals surface area contributed by atoms with Gasteiger partial charge in [0.15, 0.2) is 5.82 Å².